The molecule has 0 saturated carbocycles. The molecule has 0 amide bonds. The first-order chi connectivity index (χ1) is 8.00. The predicted molar refractivity (Wildman–Crippen MR) is 60.5 cm³/mol. The molecule has 0 unspecified atom stereocenters. The van der Waals surface area contributed by atoms with Gasteiger partial charge in [-0.2, -0.15) is 0 Å². The average Bonchev–Trinajstić information content (AvgIpc) is 2.52. The molecule has 94 valence electrons. The van der Waals surface area contributed by atoms with Crippen molar-refractivity contribution in [2.24, 2.45) is 0 Å². The van der Waals surface area contributed by atoms with Crippen molar-refractivity contribution in [3.05, 3.63) is 11.1 Å². The fourth-order valence-corrected chi connectivity index (χ4v) is 2.69. The lowest BCUT2D eigenvalue weighted by molar-refractivity contribution is -0.151. The van der Waals surface area contributed by atoms with Gasteiger partial charge in [0.15, 0.2) is 0 Å². The molecule has 0 aliphatic carbocycles. The number of likely N-dealkylation sites (tertiary alicyclic amines) is 1. The number of aliphatic carboxylic acids is 1. The first-order valence-corrected chi connectivity index (χ1v) is 5.90. The van der Waals surface area contributed by atoms with E-state index in [0.717, 1.165) is 19.6 Å². The molecule has 2 heterocycles. The topological polar surface area (TPSA) is 66.8 Å². The minimum absolute atomic E-state index is 0.165. The molecular formula is C12H17NO4. The molecule has 2 aliphatic rings. The van der Waals surface area contributed by atoms with Crippen molar-refractivity contribution in [3.8, 4) is 0 Å². The molecular weight excluding hydrogens is 222 g/mol. The number of hydrogen-bond donors (Lipinski definition) is 1. The summed E-state index contributed by atoms with van der Waals surface area (Å²) in [4.78, 5) is 25.1. The van der Waals surface area contributed by atoms with Crippen molar-refractivity contribution in [2.75, 3.05) is 19.6 Å². The zero-order chi connectivity index (χ0) is 12.6. The summed E-state index contributed by atoms with van der Waals surface area (Å²) in [6, 6.07) is 0. The Hall–Kier alpha value is -1.36. The van der Waals surface area contributed by atoms with Crippen LogP contribution in [-0.4, -0.2) is 47.2 Å². The third-order valence-corrected chi connectivity index (χ3v) is 3.75. The summed E-state index contributed by atoms with van der Waals surface area (Å²) >= 11 is 0. The summed E-state index contributed by atoms with van der Waals surface area (Å²) in [6.07, 6.45) is 1.15. The van der Waals surface area contributed by atoms with Crippen LogP contribution in [-0.2, 0) is 14.3 Å². The molecule has 0 bridgehead atoms. The normalized spacial score (nSPS) is 24.2. The van der Waals surface area contributed by atoms with Crippen LogP contribution in [0.3, 0.4) is 0 Å². The standard InChI is InChI=1S/C12H17NO4/c1-3-13-6-4-12(5-7-13)9(10(14)15)8(2)11(16)17-12/h3-7H2,1-2H3,(H,14,15). The second kappa shape index (κ2) is 4.14. The van der Waals surface area contributed by atoms with E-state index in [2.05, 4.69) is 11.8 Å². The lowest BCUT2D eigenvalue weighted by Crippen LogP contribution is -2.47. The molecule has 0 aromatic rings. The molecule has 2 rings (SSSR count). The zero-order valence-corrected chi connectivity index (χ0v) is 10.2. The lowest BCUT2D eigenvalue weighted by atomic mass is 9.83. The summed E-state index contributed by atoms with van der Waals surface area (Å²) in [6.45, 7) is 6.08. The number of hydrogen-bond acceptors (Lipinski definition) is 4. The predicted octanol–water partition coefficient (Wildman–Crippen LogP) is 0.799. The minimum Gasteiger partial charge on any atom is -0.478 e. The number of ether oxygens (including phenoxy) is 1. The fraction of sp³-hybridized carbons (Fsp3) is 0.667. The molecule has 0 atom stereocenters. The van der Waals surface area contributed by atoms with E-state index in [4.69, 9.17) is 4.74 Å². The molecule has 1 spiro atoms. The van der Waals surface area contributed by atoms with E-state index in [1.807, 2.05) is 0 Å². The van der Waals surface area contributed by atoms with Gasteiger partial charge < -0.3 is 14.7 Å². The highest BCUT2D eigenvalue weighted by Crippen LogP contribution is 2.40. The minimum atomic E-state index is -1.03. The Morgan fingerprint density at radius 2 is 2.06 bits per heavy atom. The lowest BCUT2D eigenvalue weighted by Gasteiger charge is -2.38. The first kappa shape index (κ1) is 12.1. The van der Waals surface area contributed by atoms with Gasteiger partial charge in [0.1, 0.15) is 5.60 Å². The Balaban J connectivity index is 2.28. The van der Waals surface area contributed by atoms with E-state index in [0.29, 0.717) is 12.8 Å². The van der Waals surface area contributed by atoms with Gasteiger partial charge in [0, 0.05) is 31.5 Å². The number of piperidine rings is 1. The van der Waals surface area contributed by atoms with Crippen LogP contribution >= 0.6 is 0 Å². The largest absolute Gasteiger partial charge is 0.478 e. The first-order valence-electron chi connectivity index (χ1n) is 5.90. The number of esters is 1. The Bertz CT molecular complexity index is 391. The van der Waals surface area contributed by atoms with Gasteiger partial charge in [-0.05, 0) is 13.5 Å². The Morgan fingerprint density at radius 3 is 2.53 bits per heavy atom. The van der Waals surface area contributed by atoms with Gasteiger partial charge in [0.2, 0.25) is 0 Å². The van der Waals surface area contributed by atoms with Crippen LogP contribution in [0.25, 0.3) is 0 Å². The summed E-state index contributed by atoms with van der Waals surface area (Å²) in [5.74, 6) is -1.51. The van der Waals surface area contributed by atoms with Crippen molar-refractivity contribution in [2.45, 2.75) is 32.3 Å². The van der Waals surface area contributed by atoms with Gasteiger partial charge >= 0.3 is 11.9 Å². The Labute approximate surface area is 100 Å². The third kappa shape index (κ3) is 1.84. The summed E-state index contributed by atoms with van der Waals surface area (Å²) < 4.78 is 5.35. The summed E-state index contributed by atoms with van der Waals surface area (Å²) in [7, 11) is 0. The average molecular weight is 239 g/mol. The third-order valence-electron chi connectivity index (χ3n) is 3.75. The van der Waals surface area contributed by atoms with E-state index >= 15 is 0 Å². The number of carboxylic acid groups (broad SMARTS) is 1. The molecule has 0 aromatic heterocycles. The molecule has 1 fully saturated rings. The summed E-state index contributed by atoms with van der Waals surface area (Å²) in [5.41, 5.74) is -0.459. The number of carbonyl (C=O) groups is 2. The van der Waals surface area contributed by atoms with Crippen LogP contribution in [0.2, 0.25) is 0 Å². The maximum atomic E-state index is 11.6. The van der Waals surface area contributed by atoms with Gasteiger partial charge in [-0.15, -0.1) is 0 Å². The number of carbonyl (C=O) groups excluding carboxylic acids is 1. The highest BCUT2D eigenvalue weighted by Gasteiger charge is 2.50. The molecule has 1 N–H and O–H groups in total. The van der Waals surface area contributed by atoms with Crippen molar-refractivity contribution in [3.63, 3.8) is 0 Å². The smallest absolute Gasteiger partial charge is 0.336 e. The highest BCUT2D eigenvalue weighted by molar-refractivity contribution is 6.04. The SMILES string of the molecule is CCN1CCC2(CC1)OC(=O)C(C)=C2C(=O)O. The second-order valence-electron chi connectivity index (χ2n) is 4.62. The molecule has 17 heavy (non-hydrogen) atoms. The van der Waals surface area contributed by atoms with E-state index < -0.39 is 17.5 Å². The van der Waals surface area contributed by atoms with Crippen molar-refractivity contribution in [1.29, 1.82) is 0 Å². The maximum absolute atomic E-state index is 11.6. The molecule has 1 saturated heterocycles. The van der Waals surface area contributed by atoms with Crippen LogP contribution in [0.4, 0.5) is 0 Å². The fourth-order valence-electron chi connectivity index (χ4n) is 2.69. The highest BCUT2D eigenvalue weighted by atomic mass is 16.6. The Morgan fingerprint density at radius 1 is 1.47 bits per heavy atom. The molecule has 5 nitrogen and oxygen atoms in total. The Kier molecular flexibility index (Phi) is 2.95. The monoisotopic (exact) mass is 239 g/mol. The van der Waals surface area contributed by atoms with E-state index in [9.17, 15) is 14.7 Å². The maximum Gasteiger partial charge on any atom is 0.336 e. The second-order valence-corrected chi connectivity index (χ2v) is 4.62. The molecule has 0 radical (unpaired) electrons. The van der Waals surface area contributed by atoms with Crippen LogP contribution in [0.1, 0.15) is 26.7 Å². The summed E-state index contributed by atoms with van der Waals surface area (Å²) in [5, 5.41) is 9.24. The molecule has 5 heteroatoms. The van der Waals surface area contributed by atoms with E-state index in [1.54, 1.807) is 0 Å². The van der Waals surface area contributed by atoms with Gasteiger partial charge in [0.05, 0.1) is 5.57 Å². The van der Waals surface area contributed by atoms with Gasteiger partial charge in [0.25, 0.3) is 0 Å². The van der Waals surface area contributed by atoms with Crippen LogP contribution in [0, 0.1) is 0 Å². The van der Waals surface area contributed by atoms with E-state index in [1.165, 1.54) is 6.92 Å². The van der Waals surface area contributed by atoms with Crippen LogP contribution in [0.5, 0.6) is 0 Å². The zero-order valence-electron chi connectivity index (χ0n) is 10.2. The van der Waals surface area contributed by atoms with Crippen molar-refractivity contribution >= 4 is 11.9 Å². The van der Waals surface area contributed by atoms with Crippen LogP contribution < -0.4 is 0 Å². The van der Waals surface area contributed by atoms with Crippen LogP contribution in [0.15, 0.2) is 11.1 Å². The van der Waals surface area contributed by atoms with E-state index in [-0.39, 0.29) is 11.1 Å². The van der Waals surface area contributed by atoms with Gasteiger partial charge in [-0.3, -0.25) is 0 Å². The quantitative estimate of drug-likeness (QED) is 0.722. The number of carboxylic acids is 1. The van der Waals surface area contributed by atoms with Gasteiger partial charge in [-0.1, -0.05) is 6.92 Å². The molecule has 2 aliphatic heterocycles. The van der Waals surface area contributed by atoms with Gasteiger partial charge in [-0.25, -0.2) is 9.59 Å². The van der Waals surface area contributed by atoms with Crippen molar-refractivity contribution in [1.82, 2.24) is 4.90 Å². The number of rotatable bonds is 2. The van der Waals surface area contributed by atoms with Crippen molar-refractivity contribution < 1.29 is 19.4 Å². The number of nitrogens with zero attached hydrogens (tertiary/aromatic N) is 1. The molecule has 0 aromatic carbocycles.